The largest absolute Gasteiger partial charge is 0.479 e. The molecule has 16 rings (SSSR count). The number of benzene rings is 2. The van der Waals surface area contributed by atoms with Crippen molar-refractivity contribution in [1.82, 2.24) is 55.9 Å². The molecule has 8 aliphatic rings. The monoisotopic (exact) mass is 1690 g/mol. The third-order valence-electron chi connectivity index (χ3n) is 23.8. The molecule has 25 nitrogen and oxygen atoms in total. The number of ether oxygens (including phenoxy) is 2. The van der Waals surface area contributed by atoms with E-state index in [1.807, 2.05) is 134 Å². The van der Waals surface area contributed by atoms with E-state index < -0.39 is 89.1 Å². The lowest BCUT2D eigenvalue weighted by molar-refractivity contribution is -0.145. The Bertz CT molecular complexity index is 4930. The van der Waals surface area contributed by atoms with Crippen molar-refractivity contribution in [2.45, 2.75) is 228 Å². The number of aliphatic carboxylic acids is 1. The molecule has 632 valence electrons. The fraction of sp³-hybridized carbons (Fsp3) is 0.467. The van der Waals surface area contributed by atoms with Crippen LogP contribution in [0, 0.1) is 11.8 Å². The van der Waals surface area contributed by atoms with Crippen molar-refractivity contribution in [3.8, 4) is 44.5 Å². The van der Waals surface area contributed by atoms with E-state index in [2.05, 4.69) is 55.0 Å². The molecule has 4 aliphatic carbocycles. The first-order valence-corrected chi connectivity index (χ1v) is 44.9. The minimum atomic E-state index is -1.47. The van der Waals surface area contributed by atoms with Gasteiger partial charge in [0.25, 0.3) is 11.1 Å². The summed E-state index contributed by atoms with van der Waals surface area (Å²) in [6.07, 6.45) is 26.0. The molecule has 119 heavy (non-hydrogen) atoms. The second-order valence-corrected chi connectivity index (χ2v) is 34.8. The summed E-state index contributed by atoms with van der Waals surface area (Å²) in [5, 5.41) is 49.6. The van der Waals surface area contributed by atoms with Crippen molar-refractivity contribution >= 4 is 93.0 Å². The molecule has 4 saturated carbocycles. The van der Waals surface area contributed by atoms with Gasteiger partial charge in [-0.05, 0) is 223 Å². The molecule has 29 heteroatoms. The molecule has 8 N–H and O–H groups in total. The number of hydrogen-bond acceptors (Lipinski definition) is 19. The molecule has 10 heterocycles. The number of nitrogens with two attached hydrogens (primary N) is 1. The summed E-state index contributed by atoms with van der Waals surface area (Å²) in [6, 6.07) is 22.4. The van der Waals surface area contributed by atoms with Crippen LogP contribution in [0.15, 0.2) is 174 Å². The van der Waals surface area contributed by atoms with E-state index in [1.165, 1.54) is 70.1 Å². The fourth-order valence-corrected chi connectivity index (χ4v) is 19.8. The van der Waals surface area contributed by atoms with E-state index in [0.717, 1.165) is 131 Å². The molecule has 2 saturated heterocycles. The standard InChI is InChI=1S/C44H50N6O6S2.C36H41N5O7S2.C8H11N.2CH4/c51-39-37-23-33(50-41(53)38(31-19-22-58-28-31)35(25-46-50)30-18-21-57-27-30)26-49(37)40(52)36(47-43(55)56-34-14-9-10-15-34)16-8-3-1-2-7-13-32-24-44(32,48-39)42(54)45-20-17-29-11-5-4-6-12-29;42-31-29-16-25(41-33(44)30(23-13-15-50-21-23)27(18-37-41)22-12-14-49-20-22)19-40(29)32(43)28(38-35(47)48-26-9-6-7-10-26)11-5-3-1-2-4-8-24-17-36(24,39-31)34(45)46;9-7-6-8-4-2-1-3-5-8;;/h4-7,11-13,18-19,21-22,25,27-28,32-34,36-37H,1-3,8-10,14-17,20,23-24,26H2,(H,45,54)(H,47,55)(H,48,51);4,8,12-15,18,20-21,24-26,28-29H,1-3,5-7,9-11,16-17,19H2,(H,38,47)(H,39,42)(H,45,46);1-5H,6-7,9H2;2*1H4/b13-7-;8-4-;;;/t32?,33-,36+,37+,44-;24?,25-,28+,29+,36-;;;/m11.../s1. The third-order valence-corrected chi connectivity index (χ3v) is 26.6. The topological polar surface area (TPSA) is 338 Å². The molecule has 6 aromatic heterocycles. The van der Waals surface area contributed by atoms with Crippen molar-refractivity contribution in [3.63, 3.8) is 0 Å². The molecule has 8 aromatic rings. The number of carboxylic acids is 1. The molecule has 0 spiro atoms. The van der Waals surface area contributed by atoms with Crippen LogP contribution >= 0.6 is 45.3 Å². The summed E-state index contributed by atoms with van der Waals surface area (Å²) in [5.41, 5.74) is 10.1. The maximum absolute atomic E-state index is 14.8. The van der Waals surface area contributed by atoms with Crippen LogP contribution in [-0.4, -0.2) is 156 Å². The summed E-state index contributed by atoms with van der Waals surface area (Å²) in [6.45, 7) is 1.13. The Kier molecular flexibility index (Phi) is 30.5. The Labute approximate surface area is 710 Å². The number of thiophene rings is 4. The summed E-state index contributed by atoms with van der Waals surface area (Å²) >= 11 is 6.01. The number of carbonyl (C=O) groups is 8. The zero-order valence-corrected chi connectivity index (χ0v) is 68.7. The predicted octanol–water partition coefficient (Wildman–Crippen LogP) is 14.5. The highest BCUT2D eigenvalue weighted by Crippen LogP contribution is 2.48. The van der Waals surface area contributed by atoms with Gasteiger partial charge in [-0.2, -0.15) is 55.5 Å². The first-order chi connectivity index (χ1) is 57.0. The van der Waals surface area contributed by atoms with Gasteiger partial charge in [0, 0.05) is 55.4 Å². The van der Waals surface area contributed by atoms with Gasteiger partial charge in [0.2, 0.25) is 29.5 Å². The van der Waals surface area contributed by atoms with Crippen molar-refractivity contribution in [2.24, 2.45) is 17.6 Å². The van der Waals surface area contributed by atoms with Crippen LogP contribution in [0.4, 0.5) is 9.59 Å². The summed E-state index contributed by atoms with van der Waals surface area (Å²) in [5.74, 6) is -3.95. The summed E-state index contributed by atoms with van der Waals surface area (Å²) in [4.78, 5) is 143. The lowest BCUT2D eigenvalue weighted by atomic mass is 10.0. The van der Waals surface area contributed by atoms with Gasteiger partial charge in [0.05, 0.1) is 35.6 Å². The zero-order valence-electron chi connectivity index (χ0n) is 65.5. The van der Waals surface area contributed by atoms with Crippen molar-refractivity contribution < 1.29 is 52.9 Å². The highest BCUT2D eigenvalue weighted by Gasteiger charge is 2.63. The highest BCUT2D eigenvalue weighted by atomic mass is 32.1. The number of allylic oxidation sites excluding steroid dienone is 2. The van der Waals surface area contributed by atoms with Crippen LogP contribution in [-0.2, 0) is 51.1 Å². The average Bonchev–Trinajstić information content (AvgIpc) is 1.59. The van der Waals surface area contributed by atoms with E-state index in [1.54, 1.807) is 12.4 Å². The van der Waals surface area contributed by atoms with Gasteiger partial charge in [0.15, 0.2) is 0 Å². The van der Waals surface area contributed by atoms with E-state index in [4.69, 9.17) is 15.2 Å². The molecule has 4 aliphatic heterocycles. The van der Waals surface area contributed by atoms with Gasteiger partial charge < -0.3 is 56.7 Å². The van der Waals surface area contributed by atoms with Gasteiger partial charge in [-0.25, -0.2) is 23.7 Å². The molecule has 2 unspecified atom stereocenters. The summed E-state index contributed by atoms with van der Waals surface area (Å²) < 4.78 is 14.1. The third kappa shape index (κ3) is 21.2. The quantitative estimate of drug-likeness (QED) is 0.0417. The number of nitrogens with zero attached hydrogens (tertiary/aromatic N) is 6. The predicted molar refractivity (Wildman–Crippen MR) is 466 cm³/mol. The van der Waals surface area contributed by atoms with Crippen molar-refractivity contribution in [1.29, 1.82) is 0 Å². The number of nitrogens with one attached hydrogen (secondary N) is 5. The minimum Gasteiger partial charge on any atom is -0.479 e. The van der Waals surface area contributed by atoms with Crippen molar-refractivity contribution in [2.75, 3.05) is 26.2 Å². The van der Waals surface area contributed by atoms with E-state index >= 15 is 0 Å². The van der Waals surface area contributed by atoms with E-state index in [-0.39, 0.29) is 88.3 Å². The lowest BCUT2D eigenvalue weighted by Gasteiger charge is -2.30. The molecule has 10 atom stereocenters. The van der Waals surface area contributed by atoms with Crippen LogP contribution in [0.3, 0.4) is 0 Å². The lowest BCUT2D eigenvalue weighted by Crippen LogP contribution is -2.58. The number of hydrogen-bond donors (Lipinski definition) is 7. The number of alkyl carbamates (subject to hydrolysis) is 2. The molecule has 6 fully saturated rings. The van der Waals surface area contributed by atoms with Crippen LogP contribution in [0.2, 0.25) is 0 Å². The Morgan fingerprint density at radius 1 is 0.513 bits per heavy atom. The Hall–Kier alpha value is -10.2. The molecule has 7 amide bonds. The number of aromatic nitrogens is 4. The van der Waals surface area contributed by atoms with Gasteiger partial charge in [0.1, 0.15) is 47.5 Å². The number of rotatable bonds is 17. The van der Waals surface area contributed by atoms with Gasteiger partial charge in [-0.3, -0.25) is 33.6 Å². The second-order valence-electron chi connectivity index (χ2n) is 31.7. The minimum absolute atomic E-state index is 0. The van der Waals surface area contributed by atoms with Gasteiger partial charge in [-0.15, -0.1) is 0 Å². The molecular weight excluding hydrogens is 1590 g/mol. The number of carboxylic acid groups (broad SMARTS) is 1. The van der Waals surface area contributed by atoms with E-state index in [9.17, 15) is 53.1 Å². The first kappa shape index (κ1) is 88.1. The van der Waals surface area contributed by atoms with E-state index in [0.29, 0.717) is 67.3 Å². The van der Waals surface area contributed by atoms with Crippen LogP contribution < -0.4 is 43.4 Å². The normalized spacial score (nSPS) is 25.1. The Balaban J connectivity index is 0.000000196. The second kappa shape index (κ2) is 41.2. The SMILES string of the molecule is C.C.NCCc1ccccc1.O=C(N[C@H]1CCCCC/C=C\C2C[C@@]2(C(=O)NCCc2ccccc2)NC(=O)[C@@H]2C[C@@H](n3ncc(-c4ccsc4)c(-c4ccsc4)c3=O)CN2C1=O)OC1CCCC1.O=C(N[C@H]1CCCCC/C=C\C2C[C@@]2(C(=O)O)NC(=O)[C@@H]2C[C@@H](n3ncc(-c4ccsc4)c(-c4ccsc4)c3=O)CN2C1=O)OC1CCCC1. The Morgan fingerprint density at radius 2 is 0.916 bits per heavy atom. The molecular formula is C90H110N12O13S4. The zero-order chi connectivity index (χ0) is 81.4. The maximum atomic E-state index is 14.8. The van der Waals surface area contributed by atoms with Crippen LogP contribution in [0.25, 0.3) is 44.5 Å². The molecule has 2 aromatic carbocycles. The number of fused-ring (bicyclic) bond motifs is 4. The number of carbonyl (C=O) groups excluding carboxylic acids is 7. The average molecular weight is 1700 g/mol. The fourth-order valence-electron chi connectivity index (χ4n) is 17.2. The molecule has 0 radical (unpaired) electrons. The maximum Gasteiger partial charge on any atom is 0.408 e. The molecule has 0 bridgehead atoms. The highest BCUT2D eigenvalue weighted by molar-refractivity contribution is 7.09. The number of amides is 7. The van der Waals surface area contributed by atoms with Crippen LogP contribution in [0.1, 0.15) is 179 Å². The van der Waals surface area contributed by atoms with Gasteiger partial charge >= 0.3 is 18.2 Å². The van der Waals surface area contributed by atoms with Gasteiger partial charge in [-0.1, -0.05) is 126 Å². The van der Waals surface area contributed by atoms with Crippen LogP contribution in [0.5, 0.6) is 0 Å². The smallest absolute Gasteiger partial charge is 0.408 e. The summed E-state index contributed by atoms with van der Waals surface area (Å²) in [7, 11) is 0. The van der Waals surface area contributed by atoms with Crippen molar-refractivity contribution in [3.05, 3.63) is 197 Å². The Morgan fingerprint density at radius 3 is 1.34 bits per heavy atom. The first-order valence-electron chi connectivity index (χ1n) is 41.1.